The molecule has 0 aliphatic heterocycles. The van der Waals surface area contributed by atoms with Crippen LogP contribution < -0.4 is 4.90 Å². The summed E-state index contributed by atoms with van der Waals surface area (Å²) in [4.78, 5) is 14.0. The molecule has 0 atom stereocenters. The standard InChI is InChI=1S/C18H20ClNO3S/c1-3-20(17-7-5-4-6-14(17)2)18(21)13-24(22,23)12-15-8-10-16(19)11-9-15/h4-11H,3,12-13H2,1-2H3. The number of aryl methyl sites for hydroxylation is 1. The van der Waals surface area contributed by atoms with Gasteiger partial charge >= 0.3 is 0 Å². The van der Waals surface area contributed by atoms with Gasteiger partial charge in [-0.1, -0.05) is 41.9 Å². The highest BCUT2D eigenvalue weighted by molar-refractivity contribution is 7.91. The third-order valence-electron chi connectivity index (χ3n) is 3.67. The van der Waals surface area contributed by atoms with Gasteiger partial charge in [0.2, 0.25) is 5.91 Å². The van der Waals surface area contributed by atoms with Crippen LogP contribution in [0, 0.1) is 6.92 Å². The van der Waals surface area contributed by atoms with E-state index in [0.717, 1.165) is 11.3 Å². The van der Waals surface area contributed by atoms with Gasteiger partial charge in [-0.05, 0) is 43.2 Å². The van der Waals surface area contributed by atoms with Crippen molar-refractivity contribution in [3.8, 4) is 0 Å². The highest BCUT2D eigenvalue weighted by atomic mass is 35.5. The second-order valence-electron chi connectivity index (χ2n) is 5.58. The normalized spacial score (nSPS) is 11.3. The highest BCUT2D eigenvalue weighted by Crippen LogP contribution is 2.20. The van der Waals surface area contributed by atoms with E-state index < -0.39 is 21.5 Å². The Kier molecular flexibility index (Phi) is 6.02. The lowest BCUT2D eigenvalue weighted by molar-refractivity contribution is -0.116. The Balaban J connectivity index is 2.14. The topological polar surface area (TPSA) is 54.5 Å². The van der Waals surface area contributed by atoms with Crippen LogP contribution in [0.2, 0.25) is 5.02 Å². The first-order chi connectivity index (χ1) is 11.3. The number of amides is 1. The average Bonchev–Trinajstić information content (AvgIpc) is 2.51. The van der Waals surface area contributed by atoms with Gasteiger partial charge in [0, 0.05) is 17.3 Å². The summed E-state index contributed by atoms with van der Waals surface area (Å²) < 4.78 is 24.7. The number of sulfone groups is 1. The maximum absolute atomic E-state index is 12.5. The van der Waals surface area contributed by atoms with Gasteiger partial charge < -0.3 is 4.90 Å². The van der Waals surface area contributed by atoms with Crippen LogP contribution in [0.3, 0.4) is 0 Å². The first-order valence-corrected chi connectivity index (χ1v) is 9.83. The summed E-state index contributed by atoms with van der Waals surface area (Å²) in [6, 6.07) is 14.0. The van der Waals surface area contributed by atoms with Crippen LogP contribution in [0.4, 0.5) is 5.69 Å². The van der Waals surface area contributed by atoms with Gasteiger partial charge in [0.25, 0.3) is 0 Å². The van der Waals surface area contributed by atoms with Crippen molar-refractivity contribution in [3.05, 3.63) is 64.7 Å². The molecule has 0 spiro atoms. The first-order valence-electron chi connectivity index (χ1n) is 7.63. The molecular weight excluding hydrogens is 346 g/mol. The van der Waals surface area contributed by atoms with Crippen molar-refractivity contribution in [3.63, 3.8) is 0 Å². The molecule has 0 heterocycles. The zero-order valence-corrected chi connectivity index (χ0v) is 15.3. The largest absolute Gasteiger partial charge is 0.312 e. The van der Waals surface area contributed by atoms with Gasteiger partial charge in [-0.3, -0.25) is 4.79 Å². The predicted molar refractivity (Wildman–Crippen MR) is 98.1 cm³/mol. The molecule has 0 fully saturated rings. The van der Waals surface area contributed by atoms with Crippen LogP contribution in [0.5, 0.6) is 0 Å². The Morgan fingerprint density at radius 2 is 1.71 bits per heavy atom. The monoisotopic (exact) mass is 365 g/mol. The van der Waals surface area contributed by atoms with Crippen molar-refractivity contribution in [2.45, 2.75) is 19.6 Å². The fourth-order valence-electron chi connectivity index (χ4n) is 2.50. The molecule has 24 heavy (non-hydrogen) atoms. The second kappa shape index (κ2) is 7.81. The third-order valence-corrected chi connectivity index (χ3v) is 5.38. The summed E-state index contributed by atoms with van der Waals surface area (Å²) >= 11 is 5.80. The molecule has 0 saturated heterocycles. The van der Waals surface area contributed by atoms with E-state index in [-0.39, 0.29) is 5.75 Å². The number of carbonyl (C=O) groups excluding carboxylic acids is 1. The minimum atomic E-state index is -3.56. The lowest BCUT2D eigenvalue weighted by atomic mass is 10.2. The molecule has 2 aromatic carbocycles. The summed E-state index contributed by atoms with van der Waals surface area (Å²) in [6.07, 6.45) is 0. The summed E-state index contributed by atoms with van der Waals surface area (Å²) in [5.41, 5.74) is 2.29. The fraction of sp³-hybridized carbons (Fsp3) is 0.278. The number of rotatable bonds is 6. The molecule has 0 aliphatic rings. The number of hydrogen-bond acceptors (Lipinski definition) is 3. The van der Waals surface area contributed by atoms with Crippen LogP contribution in [-0.4, -0.2) is 26.6 Å². The van der Waals surface area contributed by atoms with Crippen molar-refractivity contribution in [1.29, 1.82) is 0 Å². The molecule has 0 radical (unpaired) electrons. The van der Waals surface area contributed by atoms with Gasteiger partial charge in [-0.2, -0.15) is 0 Å². The van der Waals surface area contributed by atoms with Crippen LogP contribution in [0.15, 0.2) is 48.5 Å². The molecule has 0 unspecified atom stereocenters. The van der Waals surface area contributed by atoms with E-state index in [2.05, 4.69) is 0 Å². The zero-order chi connectivity index (χ0) is 17.7. The van der Waals surface area contributed by atoms with Crippen molar-refractivity contribution < 1.29 is 13.2 Å². The molecular formula is C18H20ClNO3S. The van der Waals surface area contributed by atoms with Gasteiger partial charge in [0.1, 0.15) is 5.75 Å². The molecule has 0 saturated carbocycles. The minimum Gasteiger partial charge on any atom is -0.312 e. The van der Waals surface area contributed by atoms with Crippen LogP contribution >= 0.6 is 11.6 Å². The van der Waals surface area contributed by atoms with Crippen molar-refractivity contribution >= 4 is 33.0 Å². The summed E-state index contributed by atoms with van der Waals surface area (Å²) in [5.74, 6) is -1.11. The van der Waals surface area contributed by atoms with E-state index in [1.54, 1.807) is 24.3 Å². The van der Waals surface area contributed by atoms with Gasteiger partial charge in [0.05, 0.1) is 5.75 Å². The van der Waals surface area contributed by atoms with Crippen LogP contribution in [-0.2, 0) is 20.4 Å². The van der Waals surface area contributed by atoms with E-state index >= 15 is 0 Å². The molecule has 0 aromatic heterocycles. The lowest BCUT2D eigenvalue weighted by Gasteiger charge is -2.23. The molecule has 0 bridgehead atoms. The molecule has 2 aromatic rings. The van der Waals surface area contributed by atoms with Crippen molar-refractivity contribution in [2.24, 2.45) is 0 Å². The number of hydrogen-bond donors (Lipinski definition) is 0. The molecule has 0 aliphatic carbocycles. The maximum Gasteiger partial charge on any atom is 0.242 e. The van der Waals surface area contributed by atoms with E-state index in [0.29, 0.717) is 17.1 Å². The van der Waals surface area contributed by atoms with Gasteiger partial charge in [0.15, 0.2) is 9.84 Å². The molecule has 0 N–H and O–H groups in total. The Bertz CT molecular complexity index is 816. The van der Waals surface area contributed by atoms with Gasteiger partial charge in [-0.25, -0.2) is 8.42 Å². The quantitative estimate of drug-likeness (QED) is 0.785. The first kappa shape index (κ1) is 18.5. The molecule has 2 rings (SSSR count). The van der Waals surface area contributed by atoms with E-state index in [4.69, 9.17) is 11.6 Å². The van der Waals surface area contributed by atoms with Crippen LogP contribution in [0.25, 0.3) is 0 Å². The lowest BCUT2D eigenvalue weighted by Crippen LogP contribution is -2.36. The Labute approximate surface area is 148 Å². The maximum atomic E-state index is 12.5. The smallest absolute Gasteiger partial charge is 0.242 e. The molecule has 1 amide bonds. The molecule has 6 heteroatoms. The summed E-state index contributed by atoms with van der Waals surface area (Å²) in [7, 11) is -3.56. The highest BCUT2D eigenvalue weighted by Gasteiger charge is 2.23. The van der Waals surface area contributed by atoms with E-state index in [1.807, 2.05) is 38.1 Å². The predicted octanol–water partition coefficient (Wildman–Crippen LogP) is 3.62. The average molecular weight is 366 g/mol. The Morgan fingerprint density at radius 3 is 2.29 bits per heavy atom. The van der Waals surface area contributed by atoms with Crippen molar-refractivity contribution in [1.82, 2.24) is 0 Å². The van der Waals surface area contributed by atoms with E-state index in [9.17, 15) is 13.2 Å². The summed E-state index contributed by atoms with van der Waals surface area (Å²) in [6.45, 7) is 4.14. The fourth-order valence-corrected chi connectivity index (χ4v) is 3.96. The third kappa shape index (κ3) is 4.82. The Hall–Kier alpha value is -1.85. The van der Waals surface area contributed by atoms with Gasteiger partial charge in [-0.15, -0.1) is 0 Å². The number of halogens is 1. The molecule has 128 valence electrons. The van der Waals surface area contributed by atoms with Crippen LogP contribution in [0.1, 0.15) is 18.1 Å². The zero-order valence-electron chi connectivity index (χ0n) is 13.7. The second-order valence-corrected chi connectivity index (χ2v) is 8.08. The Morgan fingerprint density at radius 1 is 1.08 bits per heavy atom. The minimum absolute atomic E-state index is 0.179. The number of para-hydroxylation sites is 1. The number of anilines is 1. The number of nitrogens with zero attached hydrogens (tertiary/aromatic N) is 1. The number of benzene rings is 2. The SMILES string of the molecule is CCN(C(=O)CS(=O)(=O)Cc1ccc(Cl)cc1)c1ccccc1C. The number of carbonyl (C=O) groups is 1. The van der Waals surface area contributed by atoms with Crippen molar-refractivity contribution in [2.75, 3.05) is 17.2 Å². The molecule has 4 nitrogen and oxygen atoms in total. The summed E-state index contributed by atoms with van der Waals surface area (Å²) in [5, 5.41) is 0.545. The van der Waals surface area contributed by atoms with E-state index in [1.165, 1.54) is 4.90 Å².